The second-order valence-electron chi connectivity index (χ2n) is 6.41. The quantitative estimate of drug-likeness (QED) is 0.339. The van der Waals surface area contributed by atoms with Gasteiger partial charge in [0.2, 0.25) is 11.8 Å². The zero-order valence-corrected chi connectivity index (χ0v) is 18.1. The predicted octanol–water partition coefficient (Wildman–Crippen LogP) is -0.348. The third kappa shape index (κ3) is 10.6. The predicted molar refractivity (Wildman–Crippen MR) is 108 cm³/mol. The molecule has 164 valence electrons. The van der Waals surface area contributed by atoms with Crippen molar-refractivity contribution in [2.24, 2.45) is 0 Å². The molecule has 0 aromatic carbocycles. The van der Waals surface area contributed by atoms with Crippen LogP contribution in [0.4, 0.5) is 0 Å². The van der Waals surface area contributed by atoms with E-state index < -0.39 is 0 Å². The van der Waals surface area contributed by atoms with E-state index in [1.165, 1.54) is 0 Å². The van der Waals surface area contributed by atoms with E-state index in [2.05, 4.69) is 5.32 Å². The topological polar surface area (TPSA) is 89.6 Å². The van der Waals surface area contributed by atoms with E-state index >= 15 is 0 Å². The molecule has 1 fully saturated rings. The average Bonchev–Trinajstić information content (AvgIpc) is 3.15. The van der Waals surface area contributed by atoms with Crippen molar-refractivity contribution in [3.8, 4) is 0 Å². The summed E-state index contributed by atoms with van der Waals surface area (Å²) in [6.45, 7) is 4.30. The molecule has 9 nitrogen and oxygen atoms in total. The molecule has 0 saturated carbocycles. The van der Waals surface area contributed by atoms with Gasteiger partial charge in [0.1, 0.15) is 6.61 Å². The van der Waals surface area contributed by atoms with Crippen LogP contribution in [-0.4, -0.2) is 120 Å². The largest absolute Gasteiger partial charge is 0.382 e. The minimum Gasteiger partial charge on any atom is -0.382 e. The van der Waals surface area contributed by atoms with Crippen LogP contribution < -0.4 is 5.32 Å². The highest BCUT2D eigenvalue weighted by Crippen LogP contribution is 2.23. The van der Waals surface area contributed by atoms with Gasteiger partial charge in [0.25, 0.3) is 0 Å². The van der Waals surface area contributed by atoms with Crippen molar-refractivity contribution in [2.45, 2.75) is 12.5 Å². The number of carbonyl (C=O) groups excluding carboxylic acids is 2. The van der Waals surface area contributed by atoms with Crippen molar-refractivity contribution in [1.82, 2.24) is 15.1 Å². The summed E-state index contributed by atoms with van der Waals surface area (Å²) >= 11 is 1.66. The average molecular weight is 422 g/mol. The molecule has 1 rings (SSSR count). The molecule has 1 aliphatic rings. The summed E-state index contributed by atoms with van der Waals surface area (Å²) in [7, 11) is 5.25. The fourth-order valence-corrected chi connectivity index (χ4v) is 3.72. The number of hydrogen-bond acceptors (Lipinski definition) is 8. The Morgan fingerprint density at radius 1 is 1.11 bits per heavy atom. The van der Waals surface area contributed by atoms with Crippen LogP contribution in [-0.2, 0) is 28.5 Å². The number of rotatable bonds is 16. The van der Waals surface area contributed by atoms with E-state index in [1.807, 2.05) is 7.05 Å². The van der Waals surface area contributed by atoms with Crippen LogP contribution in [0.25, 0.3) is 0 Å². The van der Waals surface area contributed by atoms with Crippen LogP contribution in [0.2, 0.25) is 0 Å². The van der Waals surface area contributed by atoms with Crippen LogP contribution in [0.15, 0.2) is 0 Å². The number of hydrogen-bond donors (Lipinski definition) is 1. The number of nitrogens with one attached hydrogen (secondary N) is 1. The van der Waals surface area contributed by atoms with Crippen molar-refractivity contribution in [3.05, 3.63) is 0 Å². The number of thioether (sulfide) groups is 1. The molecule has 0 bridgehead atoms. The Morgan fingerprint density at radius 2 is 1.82 bits per heavy atom. The molecule has 28 heavy (non-hydrogen) atoms. The number of nitrogens with zero attached hydrogens (tertiary/aromatic N) is 2. The lowest BCUT2D eigenvalue weighted by molar-refractivity contribution is -0.139. The monoisotopic (exact) mass is 421 g/mol. The first-order valence-electron chi connectivity index (χ1n) is 9.58. The number of ether oxygens (including phenoxy) is 4. The van der Waals surface area contributed by atoms with Gasteiger partial charge in [0.05, 0.1) is 51.6 Å². The minimum atomic E-state index is -0.0854. The third-order valence-corrected chi connectivity index (χ3v) is 5.32. The van der Waals surface area contributed by atoms with Crippen LogP contribution >= 0.6 is 11.8 Å². The zero-order valence-electron chi connectivity index (χ0n) is 17.3. The first-order chi connectivity index (χ1) is 13.6. The lowest BCUT2D eigenvalue weighted by atomic mass is 10.2. The van der Waals surface area contributed by atoms with E-state index in [1.54, 1.807) is 35.7 Å². The summed E-state index contributed by atoms with van der Waals surface area (Å²) < 4.78 is 21.0. The van der Waals surface area contributed by atoms with Gasteiger partial charge in [-0.2, -0.15) is 0 Å². The highest BCUT2D eigenvalue weighted by molar-refractivity contribution is 7.99. The number of carbonyl (C=O) groups is 2. The van der Waals surface area contributed by atoms with Crippen molar-refractivity contribution < 1.29 is 28.5 Å². The molecule has 1 aliphatic heterocycles. The maximum Gasteiger partial charge on any atom is 0.249 e. The Hall–Kier alpha value is -0.910. The molecule has 10 heteroatoms. The van der Waals surface area contributed by atoms with Gasteiger partial charge in [-0.15, -0.1) is 11.8 Å². The van der Waals surface area contributed by atoms with Gasteiger partial charge in [-0.3, -0.25) is 9.59 Å². The summed E-state index contributed by atoms with van der Waals surface area (Å²) in [6, 6.07) is -0.0841. The molecule has 1 unspecified atom stereocenters. The number of amides is 2. The van der Waals surface area contributed by atoms with Crippen LogP contribution in [0, 0.1) is 0 Å². The summed E-state index contributed by atoms with van der Waals surface area (Å²) in [4.78, 5) is 28.2. The van der Waals surface area contributed by atoms with Crippen molar-refractivity contribution >= 4 is 23.6 Å². The molecule has 1 saturated heterocycles. The Balaban J connectivity index is 2.23. The van der Waals surface area contributed by atoms with E-state index in [0.717, 1.165) is 12.3 Å². The first kappa shape index (κ1) is 25.1. The highest BCUT2D eigenvalue weighted by atomic mass is 32.2. The fourth-order valence-electron chi connectivity index (χ4n) is 2.49. The Kier molecular flexibility index (Phi) is 14.3. The van der Waals surface area contributed by atoms with E-state index in [9.17, 15) is 9.59 Å². The van der Waals surface area contributed by atoms with Crippen molar-refractivity contribution in [3.63, 3.8) is 0 Å². The zero-order chi connectivity index (χ0) is 20.6. The van der Waals surface area contributed by atoms with E-state index in [0.29, 0.717) is 58.5 Å². The van der Waals surface area contributed by atoms with Crippen molar-refractivity contribution in [1.29, 1.82) is 0 Å². The molecule has 0 aliphatic carbocycles. The minimum absolute atomic E-state index is 0.00797. The van der Waals surface area contributed by atoms with Gasteiger partial charge in [-0.1, -0.05) is 0 Å². The normalized spacial score (nSPS) is 16.5. The first-order valence-corrected chi connectivity index (χ1v) is 10.7. The Labute approximate surface area is 172 Å². The molecular weight excluding hydrogens is 386 g/mol. The standard InChI is InChI=1S/C18H35N3O6S/c1-19-4-6-25-7-5-20(2)17(22)12-16-14-28-15-21(16)18(23)13-27-11-10-26-9-8-24-3/h16,19H,4-15H2,1-3H3. The van der Waals surface area contributed by atoms with Crippen LogP contribution in [0.5, 0.6) is 0 Å². The molecule has 1 atom stereocenters. The maximum absolute atomic E-state index is 12.4. The lowest BCUT2D eigenvalue weighted by Crippen LogP contribution is -2.42. The molecule has 1 heterocycles. The fraction of sp³-hybridized carbons (Fsp3) is 0.889. The van der Waals surface area contributed by atoms with E-state index in [-0.39, 0.29) is 24.5 Å². The molecule has 1 N–H and O–H groups in total. The van der Waals surface area contributed by atoms with Gasteiger partial charge < -0.3 is 34.1 Å². The van der Waals surface area contributed by atoms with Gasteiger partial charge in [-0.05, 0) is 7.05 Å². The third-order valence-electron chi connectivity index (χ3n) is 4.23. The molecule has 0 radical (unpaired) electrons. The Bertz CT molecular complexity index is 444. The van der Waals surface area contributed by atoms with Gasteiger partial charge in [-0.25, -0.2) is 0 Å². The lowest BCUT2D eigenvalue weighted by Gasteiger charge is -2.25. The molecule has 0 aromatic rings. The summed E-state index contributed by atoms with van der Waals surface area (Å²) in [5.41, 5.74) is 0. The second-order valence-corrected chi connectivity index (χ2v) is 7.41. The molecule has 0 spiro atoms. The smallest absolute Gasteiger partial charge is 0.249 e. The SMILES string of the molecule is CNCCOCCN(C)C(=O)CC1CSCN1C(=O)COCCOCCOC. The van der Waals surface area contributed by atoms with Crippen molar-refractivity contribution in [2.75, 3.05) is 92.2 Å². The molecule has 0 aromatic heterocycles. The number of likely N-dealkylation sites (N-methyl/N-ethyl adjacent to an activating group) is 2. The number of methoxy groups -OCH3 is 1. The Morgan fingerprint density at radius 3 is 2.57 bits per heavy atom. The van der Waals surface area contributed by atoms with Gasteiger partial charge >= 0.3 is 0 Å². The van der Waals surface area contributed by atoms with Crippen LogP contribution in [0.1, 0.15) is 6.42 Å². The molecule has 2 amide bonds. The van der Waals surface area contributed by atoms with Gasteiger partial charge in [0.15, 0.2) is 0 Å². The second kappa shape index (κ2) is 15.9. The summed E-state index contributed by atoms with van der Waals surface area (Å²) in [5, 5.41) is 3.00. The van der Waals surface area contributed by atoms with Crippen LogP contribution in [0.3, 0.4) is 0 Å². The maximum atomic E-state index is 12.4. The summed E-state index contributed by atoms with van der Waals surface area (Å²) in [5.74, 6) is 1.30. The summed E-state index contributed by atoms with van der Waals surface area (Å²) in [6.07, 6.45) is 0.325. The molecular formula is C18H35N3O6S. The van der Waals surface area contributed by atoms with Gasteiger partial charge in [0, 0.05) is 39.4 Å². The highest BCUT2D eigenvalue weighted by Gasteiger charge is 2.31. The van der Waals surface area contributed by atoms with E-state index in [4.69, 9.17) is 18.9 Å².